The number of aliphatic hydroxyl groups is 1. The second kappa shape index (κ2) is 11.5. The fourth-order valence-electron chi connectivity index (χ4n) is 3.05. The molecule has 0 aliphatic rings. The quantitative estimate of drug-likeness (QED) is 0.233. The maximum Gasteiger partial charge on any atom is 0.573 e. The molecule has 14 heteroatoms. The van der Waals surface area contributed by atoms with Crippen LogP contribution in [0.15, 0.2) is 36.4 Å². The van der Waals surface area contributed by atoms with Gasteiger partial charge in [-0.05, 0) is 48.1 Å². The zero-order valence-corrected chi connectivity index (χ0v) is 19.9. The van der Waals surface area contributed by atoms with Crippen molar-refractivity contribution in [2.75, 3.05) is 11.5 Å². The van der Waals surface area contributed by atoms with Gasteiger partial charge >= 0.3 is 18.5 Å². The molecular formula is C21H19Cl2F6NO4S. The van der Waals surface area contributed by atoms with E-state index in [0.717, 1.165) is 17.8 Å². The minimum atomic E-state index is -5.37. The number of thioether (sulfide) groups is 1. The number of rotatable bonds is 10. The molecule has 0 aliphatic carbocycles. The van der Waals surface area contributed by atoms with E-state index in [0.29, 0.717) is 12.1 Å². The summed E-state index contributed by atoms with van der Waals surface area (Å²) in [4.78, 5) is 10.7. The Morgan fingerprint density at radius 1 is 1.06 bits per heavy atom. The van der Waals surface area contributed by atoms with Crippen molar-refractivity contribution >= 4 is 40.9 Å². The van der Waals surface area contributed by atoms with Crippen molar-refractivity contribution in [2.24, 2.45) is 5.73 Å². The van der Waals surface area contributed by atoms with Crippen molar-refractivity contribution in [2.45, 2.75) is 37.0 Å². The first-order chi connectivity index (χ1) is 16.0. The normalized spacial score (nSPS) is 14.9. The fraction of sp³-hybridized carbons (Fsp3) is 0.381. The zero-order chi connectivity index (χ0) is 26.6. The van der Waals surface area contributed by atoms with Crippen molar-refractivity contribution in [3.05, 3.63) is 52.0 Å². The third-order valence-corrected chi connectivity index (χ3v) is 6.43. The molecule has 2 unspecified atom stereocenters. The second-order valence-corrected chi connectivity index (χ2v) is 9.41. The zero-order valence-electron chi connectivity index (χ0n) is 17.6. The van der Waals surface area contributed by atoms with E-state index in [1.54, 1.807) is 0 Å². The first-order valence-corrected chi connectivity index (χ1v) is 11.7. The van der Waals surface area contributed by atoms with E-state index in [4.69, 9.17) is 34.0 Å². The first-order valence-electron chi connectivity index (χ1n) is 9.76. The Balaban J connectivity index is 2.43. The van der Waals surface area contributed by atoms with E-state index in [-0.39, 0.29) is 39.1 Å². The van der Waals surface area contributed by atoms with Gasteiger partial charge < -0.3 is 20.7 Å². The average Bonchev–Trinajstić information content (AvgIpc) is 2.71. The van der Waals surface area contributed by atoms with Gasteiger partial charge in [-0.15, -0.1) is 13.2 Å². The number of halogens is 8. The maximum absolute atomic E-state index is 13.9. The summed E-state index contributed by atoms with van der Waals surface area (Å²) in [6.07, 6.45) is -11.8. The van der Waals surface area contributed by atoms with E-state index in [9.17, 15) is 36.2 Å². The highest BCUT2D eigenvalue weighted by Gasteiger charge is 2.56. The number of carbonyl (C=O) groups is 1. The van der Waals surface area contributed by atoms with Gasteiger partial charge in [0.2, 0.25) is 0 Å². The third-order valence-electron chi connectivity index (χ3n) is 4.86. The lowest BCUT2D eigenvalue weighted by Gasteiger charge is -2.32. The largest absolute Gasteiger partial charge is 0.573 e. The number of aliphatic carboxylic acids is 1. The minimum Gasteiger partial charge on any atom is -0.480 e. The number of ether oxygens (including phenoxy) is 1. The lowest BCUT2D eigenvalue weighted by atomic mass is 9.88. The molecule has 2 aromatic rings. The second-order valence-electron chi connectivity index (χ2n) is 7.34. The summed E-state index contributed by atoms with van der Waals surface area (Å²) in [5.41, 5.74) is 0.659. The van der Waals surface area contributed by atoms with E-state index >= 15 is 0 Å². The molecular weight excluding hydrogens is 547 g/mol. The topological polar surface area (TPSA) is 92.8 Å². The van der Waals surface area contributed by atoms with Gasteiger partial charge in [0.25, 0.3) is 0 Å². The van der Waals surface area contributed by atoms with Crippen LogP contribution >= 0.6 is 35.0 Å². The highest BCUT2D eigenvalue weighted by molar-refractivity contribution is 7.99. The fourth-order valence-corrected chi connectivity index (χ4v) is 4.63. The molecule has 0 aliphatic heterocycles. The number of nitrogens with two attached hydrogens (primary N) is 1. The molecule has 0 aromatic heterocycles. The monoisotopic (exact) mass is 565 g/mol. The highest BCUT2D eigenvalue weighted by Crippen LogP contribution is 2.48. The minimum absolute atomic E-state index is 0.00350. The lowest BCUT2D eigenvalue weighted by Crippen LogP contribution is -2.43. The maximum atomic E-state index is 13.9. The Morgan fingerprint density at radius 3 is 2.26 bits per heavy atom. The Labute approximate surface area is 210 Å². The summed E-state index contributed by atoms with van der Waals surface area (Å²) in [6.45, 7) is 0. The first kappa shape index (κ1) is 29.4. The molecule has 4 N–H and O–H groups in total. The number of benzene rings is 2. The highest BCUT2D eigenvalue weighted by atomic mass is 35.5. The SMILES string of the molecule is NC(CCSCCC(O)(c1ccc(-c2ccc(Cl)cc2Cl)cc1OC(F)(F)F)C(F)(F)F)C(=O)O. The molecule has 0 radical (unpaired) electrons. The van der Waals surface area contributed by atoms with Crippen molar-refractivity contribution in [3.8, 4) is 16.9 Å². The predicted molar refractivity (Wildman–Crippen MR) is 121 cm³/mol. The number of carboxylic acids is 1. The van der Waals surface area contributed by atoms with Crippen molar-refractivity contribution in [1.29, 1.82) is 0 Å². The van der Waals surface area contributed by atoms with Gasteiger partial charge in [0.1, 0.15) is 11.8 Å². The smallest absolute Gasteiger partial charge is 0.480 e. The molecule has 2 atom stereocenters. The Morgan fingerprint density at radius 2 is 1.71 bits per heavy atom. The molecule has 35 heavy (non-hydrogen) atoms. The standard InChI is InChI=1S/C21H19Cl2F6NO4S/c22-12-2-3-13(15(23)10-12)11-1-4-14(17(9-11)34-21(27,28)29)19(33,20(24,25)26)6-8-35-7-5-16(30)18(31)32/h1-4,9-10,16,33H,5-8,30H2,(H,31,32). The summed E-state index contributed by atoms with van der Waals surface area (Å²) in [6, 6.07) is 5.31. The van der Waals surface area contributed by atoms with Crippen LogP contribution < -0.4 is 10.5 Å². The van der Waals surface area contributed by atoms with Crippen molar-refractivity contribution in [1.82, 2.24) is 0 Å². The van der Waals surface area contributed by atoms with Crippen molar-refractivity contribution < 1.29 is 46.1 Å². The number of hydrogen-bond acceptors (Lipinski definition) is 5. The Kier molecular flexibility index (Phi) is 9.62. The third kappa shape index (κ3) is 7.81. The molecule has 0 bridgehead atoms. The Bertz CT molecular complexity index is 1050. The van der Waals surface area contributed by atoms with Crippen molar-refractivity contribution in [3.63, 3.8) is 0 Å². The van der Waals surface area contributed by atoms with Crippen LogP contribution in [-0.2, 0) is 10.4 Å². The molecule has 0 fully saturated rings. The molecule has 0 saturated heterocycles. The van der Waals surface area contributed by atoms with E-state index in [1.807, 2.05) is 0 Å². The number of carboxylic acid groups (broad SMARTS) is 1. The van der Waals surface area contributed by atoms with Gasteiger partial charge in [-0.3, -0.25) is 4.79 Å². The van der Waals surface area contributed by atoms with Gasteiger partial charge in [-0.1, -0.05) is 41.4 Å². The van der Waals surface area contributed by atoms with Crippen LogP contribution in [0, 0.1) is 0 Å². The van der Waals surface area contributed by atoms with Crippen LogP contribution in [0.2, 0.25) is 10.0 Å². The summed E-state index contributed by atoms with van der Waals surface area (Å²) in [7, 11) is 0. The molecule has 194 valence electrons. The number of alkyl halides is 6. The van der Waals surface area contributed by atoms with Crippen LogP contribution in [0.25, 0.3) is 11.1 Å². The summed E-state index contributed by atoms with van der Waals surface area (Å²) in [5.74, 6) is -2.84. The van der Waals surface area contributed by atoms with E-state index in [2.05, 4.69) is 4.74 Å². The van der Waals surface area contributed by atoms with Crippen LogP contribution in [0.3, 0.4) is 0 Å². The summed E-state index contributed by atoms with van der Waals surface area (Å²) < 4.78 is 84.9. The van der Waals surface area contributed by atoms with Gasteiger partial charge in [-0.2, -0.15) is 24.9 Å². The van der Waals surface area contributed by atoms with Crippen LogP contribution in [0.5, 0.6) is 5.75 Å². The Hall–Kier alpha value is -1.86. The molecule has 0 heterocycles. The van der Waals surface area contributed by atoms with Gasteiger partial charge in [0, 0.05) is 21.2 Å². The predicted octanol–water partition coefficient (Wildman–Crippen LogP) is 6.23. The van der Waals surface area contributed by atoms with Gasteiger partial charge in [-0.25, -0.2) is 0 Å². The van der Waals surface area contributed by atoms with Crippen LogP contribution in [-0.4, -0.2) is 46.3 Å². The molecule has 2 aromatic carbocycles. The molecule has 2 rings (SSSR count). The van der Waals surface area contributed by atoms with E-state index < -0.39 is 47.9 Å². The molecule has 5 nitrogen and oxygen atoms in total. The molecule has 0 amide bonds. The van der Waals surface area contributed by atoms with Crippen LogP contribution in [0.4, 0.5) is 26.3 Å². The lowest BCUT2D eigenvalue weighted by molar-refractivity contribution is -0.283. The average molecular weight is 566 g/mol. The molecule has 0 spiro atoms. The van der Waals surface area contributed by atoms with E-state index in [1.165, 1.54) is 18.2 Å². The van der Waals surface area contributed by atoms with Crippen LogP contribution in [0.1, 0.15) is 18.4 Å². The molecule has 0 saturated carbocycles. The summed E-state index contributed by atoms with van der Waals surface area (Å²) >= 11 is 12.7. The van der Waals surface area contributed by atoms with Gasteiger partial charge in [0.05, 0.1) is 0 Å². The van der Waals surface area contributed by atoms with Gasteiger partial charge in [0.15, 0.2) is 5.60 Å². The number of hydrogen-bond donors (Lipinski definition) is 3. The summed E-state index contributed by atoms with van der Waals surface area (Å²) in [5, 5.41) is 19.6.